The van der Waals surface area contributed by atoms with Crippen molar-refractivity contribution in [1.29, 1.82) is 0 Å². The third-order valence-corrected chi connectivity index (χ3v) is 3.98. The molecular weight excluding hydrogens is 393 g/mol. The van der Waals surface area contributed by atoms with Crippen molar-refractivity contribution in [3.8, 4) is 11.5 Å². The van der Waals surface area contributed by atoms with Crippen LogP contribution in [0, 0.1) is 10.5 Å². The summed E-state index contributed by atoms with van der Waals surface area (Å²) in [5.74, 6) is 0.870. The van der Waals surface area contributed by atoms with E-state index in [1.807, 2.05) is 24.3 Å². The topological polar surface area (TPSA) is 68.0 Å². The molecule has 0 bridgehead atoms. The van der Waals surface area contributed by atoms with Gasteiger partial charge in [-0.1, -0.05) is 17.3 Å². The highest BCUT2D eigenvalue weighted by molar-refractivity contribution is 14.1. The molecule has 0 aliphatic carbocycles. The largest absolute Gasteiger partial charge is 0.334 e. The second kappa shape index (κ2) is 6.27. The van der Waals surface area contributed by atoms with Gasteiger partial charge in [-0.25, -0.2) is 0 Å². The number of anilines is 1. The molecule has 0 unspecified atom stereocenters. The Kier molecular flexibility index (Phi) is 4.19. The van der Waals surface area contributed by atoms with Gasteiger partial charge in [-0.3, -0.25) is 4.79 Å². The molecule has 3 aromatic rings. The van der Waals surface area contributed by atoms with Crippen molar-refractivity contribution in [3.63, 3.8) is 0 Å². The molecule has 0 aliphatic heterocycles. The van der Waals surface area contributed by atoms with E-state index in [4.69, 9.17) is 4.52 Å². The van der Waals surface area contributed by atoms with Gasteiger partial charge in [0.2, 0.25) is 0 Å². The van der Waals surface area contributed by atoms with E-state index in [1.54, 1.807) is 31.2 Å². The number of amides is 1. The number of hydrogen-bond acceptors (Lipinski definition) is 4. The maximum Gasteiger partial charge on any atom is 0.257 e. The molecule has 1 aromatic heterocycles. The number of para-hydroxylation sites is 1. The number of rotatable bonds is 3. The number of hydrogen-bond donors (Lipinski definition) is 1. The fourth-order valence-electron chi connectivity index (χ4n) is 1.94. The average Bonchev–Trinajstić information content (AvgIpc) is 2.96. The van der Waals surface area contributed by atoms with Gasteiger partial charge in [0.05, 0.1) is 5.69 Å². The Morgan fingerprint density at radius 3 is 2.50 bits per heavy atom. The van der Waals surface area contributed by atoms with Gasteiger partial charge in [0.25, 0.3) is 11.8 Å². The van der Waals surface area contributed by atoms with Crippen molar-refractivity contribution in [2.45, 2.75) is 6.92 Å². The lowest BCUT2D eigenvalue weighted by Gasteiger charge is -2.07. The number of aryl methyl sites for hydroxylation is 1. The lowest BCUT2D eigenvalue weighted by molar-refractivity contribution is 0.102. The lowest BCUT2D eigenvalue weighted by atomic mass is 10.1. The first kappa shape index (κ1) is 14.7. The smallest absolute Gasteiger partial charge is 0.257 e. The quantitative estimate of drug-likeness (QED) is 0.672. The zero-order valence-corrected chi connectivity index (χ0v) is 13.9. The van der Waals surface area contributed by atoms with Crippen molar-refractivity contribution < 1.29 is 9.32 Å². The van der Waals surface area contributed by atoms with Gasteiger partial charge in [0.1, 0.15) is 0 Å². The Balaban J connectivity index is 1.78. The van der Waals surface area contributed by atoms with E-state index in [0.29, 0.717) is 17.3 Å². The maximum absolute atomic E-state index is 12.3. The van der Waals surface area contributed by atoms with Crippen LogP contribution in [0.1, 0.15) is 16.2 Å². The lowest BCUT2D eigenvalue weighted by Crippen LogP contribution is -2.12. The number of nitrogens with one attached hydrogen (secondary N) is 1. The molecule has 0 aliphatic rings. The summed E-state index contributed by atoms with van der Waals surface area (Å²) in [6.45, 7) is 1.76. The van der Waals surface area contributed by atoms with Crippen molar-refractivity contribution in [2.75, 3.05) is 5.32 Å². The van der Waals surface area contributed by atoms with Crippen molar-refractivity contribution in [1.82, 2.24) is 10.1 Å². The van der Waals surface area contributed by atoms with E-state index in [0.717, 1.165) is 14.8 Å². The Bertz CT molecular complexity index is 812. The summed E-state index contributed by atoms with van der Waals surface area (Å²) in [5, 5.41) is 6.64. The molecule has 110 valence electrons. The Morgan fingerprint density at radius 2 is 1.86 bits per heavy atom. The second-order valence-corrected chi connectivity index (χ2v) is 5.82. The average molecular weight is 405 g/mol. The second-order valence-electron chi connectivity index (χ2n) is 4.66. The summed E-state index contributed by atoms with van der Waals surface area (Å²) in [6.07, 6.45) is 0. The van der Waals surface area contributed by atoms with Crippen LogP contribution in [-0.2, 0) is 0 Å². The summed E-state index contributed by atoms with van der Waals surface area (Å²) in [6, 6.07) is 14.7. The summed E-state index contributed by atoms with van der Waals surface area (Å²) in [4.78, 5) is 16.4. The minimum Gasteiger partial charge on any atom is -0.334 e. The molecule has 1 heterocycles. The third-order valence-electron chi connectivity index (χ3n) is 3.04. The van der Waals surface area contributed by atoms with Gasteiger partial charge >= 0.3 is 0 Å². The van der Waals surface area contributed by atoms with Gasteiger partial charge in [-0.05, 0) is 65.9 Å². The third kappa shape index (κ3) is 3.16. The normalized spacial score (nSPS) is 10.5. The SMILES string of the molecule is Cc1noc(-c2ccc(C(=O)Nc3ccccc3I)cc2)n1. The number of halogens is 1. The molecule has 6 heteroatoms. The monoisotopic (exact) mass is 405 g/mol. The van der Waals surface area contributed by atoms with E-state index < -0.39 is 0 Å². The Labute approximate surface area is 140 Å². The minimum atomic E-state index is -0.155. The fourth-order valence-corrected chi connectivity index (χ4v) is 2.46. The van der Waals surface area contributed by atoms with Crippen LogP contribution >= 0.6 is 22.6 Å². The van der Waals surface area contributed by atoms with Gasteiger partial charge < -0.3 is 9.84 Å². The molecule has 1 N–H and O–H groups in total. The van der Waals surface area contributed by atoms with Crippen LogP contribution in [0.25, 0.3) is 11.5 Å². The minimum absolute atomic E-state index is 0.155. The predicted molar refractivity (Wildman–Crippen MR) is 91.6 cm³/mol. The van der Waals surface area contributed by atoms with E-state index in [9.17, 15) is 4.79 Å². The molecule has 0 atom stereocenters. The molecule has 0 saturated heterocycles. The Hall–Kier alpha value is -2.22. The van der Waals surface area contributed by atoms with Crippen LogP contribution in [0.4, 0.5) is 5.69 Å². The van der Waals surface area contributed by atoms with Gasteiger partial charge in [0.15, 0.2) is 5.82 Å². The summed E-state index contributed by atoms with van der Waals surface area (Å²) in [5.41, 5.74) is 2.15. The van der Waals surface area contributed by atoms with E-state index in [2.05, 4.69) is 38.0 Å². The van der Waals surface area contributed by atoms with E-state index >= 15 is 0 Å². The molecule has 0 radical (unpaired) electrons. The first-order valence-corrected chi connectivity index (χ1v) is 7.68. The summed E-state index contributed by atoms with van der Waals surface area (Å²) >= 11 is 2.19. The number of aromatic nitrogens is 2. The molecule has 1 amide bonds. The molecule has 0 spiro atoms. The highest BCUT2D eigenvalue weighted by Gasteiger charge is 2.10. The number of nitrogens with zero attached hydrogens (tertiary/aromatic N) is 2. The number of carbonyl (C=O) groups is 1. The molecule has 22 heavy (non-hydrogen) atoms. The van der Waals surface area contributed by atoms with Crippen LogP contribution in [0.2, 0.25) is 0 Å². The van der Waals surface area contributed by atoms with Crippen LogP contribution in [-0.4, -0.2) is 16.0 Å². The standard InChI is InChI=1S/C16H12IN3O2/c1-10-18-16(22-20-10)12-8-6-11(7-9-12)15(21)19-14-5-3-2-4-13(14)17/h2-9H,1H3,(H,19,21). The molecule has 2 aromatic carbocycles. The highest BCUT2D eigenvalue weighted by atomic mass is 127. The van der Waals surface area contributed by atoms with Gasteiger partial charge in [-0.15, -0.1) is 0 Å². The van der Waals surface area contributed by atoms with Crippen LogP contribution in [0.5, 0.6) is 0 Å². The highest BCUT2D eigenvalue weighted by Crippen LogP contribution is 2.20. The molecule has 0 saturated carbocycles. The fraction of sp³-hybridized carbons (Fsp3) is 0.0625. The zero-order chi connectivity index (χ0) is 15.5. The first-order chi connectivity index (χ1) is 10.6. The number of carbonyl (C=O) groups excluding carboxylic acids is 1. The van der Waals surface area contributed by atoms with Crippen molar-refractivity contribution in [2.24, 2.45) is 0 Å². The van der Waals surface area contributed by atoms with E-state index in [1.165, 1.54) is 0 Å². The van der Waals surface area contributed by atoms with Crippen molar-refractivity contribution >= 4 is 34.2 Å². The molecule has 0 fully saturated rings. The molecule has 3 rings (SSSR count). The molecular formula is C16H12IN3O2. The Morgan fingerprint density at radius 1 is 1.14 bits per heavy atom. The van der Waals surface area contributed by atoms with Crippen molar-refractivity contribution in [3.05, 3.63) is 63.5 Å². The predicted octanol–water partition coefficient (Wildman–Crippen LogP) is 3.90. The van der Waals surface area contributed by atoms with E-state index in [-0.39, 0.29) is 5.91 Å². The summed E-state index contributed by atoms with van der Waals surface area (Å²) in [7, 11) is 0. The number of benzene rings is 2. The van der Waals surface area contributed by atoms with Crippen LogP contribution in [0.15, 0.2) is 53.1 Å². The van der Waals surface area contributed by atoms with Crippen LogP contribution < -0.4 is 5.32 Å². The maximum atomic E-state index is 12.3. The van der Waals surface area contributed by atoms with Gasteiger partial charge in [-0.2, -0.15) is 4.98 Å². The van der Waals surface area contributed by atoms with Crippen LogP contribution in [0.3, 0.4) is 0 Å². The summed E-state index contributed by atoms with van der Waals surface area (Å²) < 4.78 is 6.09. The first-order valence-electron chi connectivity index (χ1n) is 6.60. The molecule has 5 nitrogen and oxygen atoms in total. The zero-order valence-electron chi connectivity index (χ0n) is 11.7. The van der Waals surface area contributed by atoms with Gasteiger partial charge in [0, 0.05) is 14.7 Å².